The second-order valence-corrected chi connectivity index (χ2v) is 5.80. The number of nitrogens with zero attached hydrogens (tertiary/aromatic N) is 1. The molecular weight excluding hydrogens is 184 g/mol. The van der Waals surface area contributed by atoms with Crippen molar-refractivity contribution in [1.29, 1.82) is 0 Å². The molecule has 0 aromatic heterocycles. The second kappa shape index (κ2) is 4.84. The van der Waals surface area contributed by atoms with Crippen molar-refractivity contribution in [3.8, 4) is 0 Å². The molecule has 1 N–H and O–H groups in total. The summed E-state index contributed by atoms with van der Waals surface area (Å²) in [7, 11) is 0. The fraction of sp³-hybridized carbons (Fsp3) is 1.00. The number of hydrogen-bond donors (Lipinski definition) is 1. The zero-order chi connectivity index (χ0) is 11.6. The third-order valence-corrected chi connectivity index (χ3v) is 4.19. The standard InChI is InChI=1S/C13H28N2/c1-7-13(6)9-15(11(4)8-14-13)12(5)10(2)3/h10-12,14H,7-9H2,1-6H3. The van der Waals surface area contributed by atoms with Gasteiger partial charge in [-0.1, -0.05) is 20.8 Å². The van der Waals surface area contributed by atoms with Crippen molar-refractivity contribution in [3.63, 3.8) is 0 Å². The highest BCUT2D eigenvalue weighted by Gasteiger charge is 2.35. The lowest BCUT2D eigenvalue weighted by atomic mass is 9.91. The zero-order valence-corrected chi connectivity index (χ0v) is 11.3. The Morgan fingerprint density at radius 3 is 2.47 bits per heavy atom. The lowest BCUT2D eigenvalue weighted by Crippen LogP contribution is -2.64. The number of nitrogens with one attached hydrogen (secondary N) is 1. The molecule has 2 heteroatoms. The van der Waals surface area contributed by atoms with Crippen molar-refractivity contribution in [3.05, 3.63) is 0 Å². The maximum atomic E-state index is 3.68. The molecular formula is C13H28N2. The minimum absolute atomic E-state index is 0.315. The molecule has 0 aromatic rings. The normalized spacial score (nSPS) is 35.8. The van der Waals surface area contributed by atoms with E-state index < -0.39 is 0 Å². The van der Waals surface area contributed by atoms with E-state index in [4.69, 9.17) is 0 Å². The molecule has 3 atom stereocenters. The van der Waals surface area contributed by atoms with Crippen molar-refractivity contribution in [2.24, 2.45) is 5.92 Å². The topological polar surface area (TPSA) is 15.3 Å². The summed E-state index contributed by atoms with van der Waals surface area (Å²) >= 11 is 0. The van der Waals surface area contributed by atoms with Gasteiger partial charge in [0.2, 0.25) is 0 Å². The van der Waals surface area contributed by atoms with Gasteiger partial charge < -0.3 is 5.32 Å². The average molecular weight is 212 g/mol. The Hall–Kier alpha value is -0.0800. The van der Waals surface area contributed by atoms with E-state index >= 15 is 0 Å². The van der Waals surface area contributed by atoms with Gasteiger partial charge in [-0.25, -0.2) is 0 Å². The predicted octanol–water partition coefficient (Wildman–Crippen LogP) is 2.49. The molecule has 0 aliphatic carbocycles. The summed E-state index contributed by atoms with van der Waals surface area (Å²) in [4.78, 5) is 2.67. The van der Waals surface area contributed by atoms with Crippen LogP contribution in [0.3, 0.4) is 0 Å². The summed E-state index contributed by atoms with van der Waals surface area (Å²) in [6.07, 6.45) is 1.21. The molecule has 1 saturated heterocycles. The first-order valence-electron chi connectivity index (χ1n) is 6.40. The van der Waals surface area contributed by atoms with Crippen LogP contribution in [0.2, 0.25) is 0 Å². The molecule has 2 nitrogen and oxygen atoms in total. The molecule has 0 aromatic carbocycles. The van der Waals surface area contributed by atoms with E-state index in [9.17, 15) is 0 Å². The average Bonchev–Trinajstić information content (AvgIpc) is 2.21. The van der Waals surface area contributed by atoms with E-state index in [0.29, 0.717) is 17.6 Å². The van der Waals surface area contributed by atoms with Crippen LogP contribution < -0.4 is 5.32 Å². The SMILES string of the molecule is CCC1(C)CN(C(C)C(C)C)C(C)CN1. The van der Waals surface area contributed by atoms with Crippen LogP contribution in [0.5, 0.6) is 0 Å². The van der Waals surface area contributed by atoms with Crippen molar-refractivity contribution < 1.29 is 0 Å². The second-order valence-electron chi connectivity index (χ2n) is 5.80. The first-order valence-corrected chi connectivity index (χ1v) is 6.40. The summed E-state index contributed by atoms with van der Waals surface area (Å²) in [5.74, 6) is 0.742. The van der Waals surface area contributed by atoms with Gasteiger partial charge in [0, 0.05) is 30.7 Å². The molecule has 1 rings (SSSR count). The van der Waals surface area contributed by atoms with E-state index in [2.05, 4.69) is 51.8 Å². The predicted molar refractivity (Wildman–Crippen MR) is 67.2 cm³/mol. The minimum Gasteiger partial charge on any atom is -0.309 e. The Bertz CT molecular complexity index is 203. The Morgan fingerprint density at radius 2 is 2.00 bits per heavy atom. The molecule has 3 unspecified atom stereocenters. The third-order valence-electron chi connectivity index (χ3n) is 4.19. The van der Waals surface area contributed by atoms with Gasteiger partial charge in [0.05, 0.1) is 0 Å². The molecule has 0 radical (unpaired) electrons. The van der Waals surface area contributed by atoms with Crippen LogP contribution in [0.15, 0.2) is 0 Å². The fourth-order valence-electron chi connectivity index (χ4n) is 2.29. The molecule has 0 spiro atoms. The quantitative estimate of drug-likeness (QED) is 0.773. The van der Waals surface area contributed by atoms with Crippen LogP contribution in [0.25, 0.3) is 0 Å². The molecule has 1 fully saturated rings. The largest absolute Gasteiger partial charge is 0.309 e. The molecule has 0 bridgehead atoms. The van der Waals surface area contributed by atoms with Gasteiger partial charge in [0.1, 0.15) is 0 Å². The Kier molecular flexibility index (Phi) is 4.19. The van der Waals surface area contributed by atoms with Crippen LogP contribution in [-0.4, -0.2) is 35.6 Å². The van der Waals surface area contributed by atoms with Crippen molar-refractivity contribution >= 4 is 0 Å². The van der Waals surface area contributed by atoms with Gasteiger partial charge in [-0.05, 0) is 33.1 Å². The summed E-state index contributed by atoms with van der Waals surface area (Å²) in [6, 6.07) is 1.36. The third kappa shape index (κ3) is 2.94. The Morgan fingerprint density at radius 1 is 1.40 bits per heavy atom. The van der Waals surface area contributed by atoms with Crippen molar-refractivity contribution in [1.82, 2.24) is 10.2 Å². The van der Waals surface area contributed by atoms with Crippen LogP contribution in [0.4, 0.5) is 0 Å². The Labute approximate surface area is 95.4 Å². The first-order chi connectivity index (χ1) is 6.89. The highest BCUT2D eigenvalue weighted by Crippen LogP contribution is 2.23. The van der Waals surface area contributed by atoms with Gasteiger partial charge in [-0.2, -0.15) is 0 Å². The van der Waals surface area contributed by atoms with E-state index in [-0.39, 0.29) is 0 Å². The lowest BCUT2D eigenvalue weighted by Gasteiger charge is -2.48. The van der Waals surface area contributed by atoms with Gasteiger partial charge >= 0.3 is 0 Å². The highest BCUT2D eigenvalue weighted by molar-refractivity contribution is 4.95. The van der Waals surface area contributed by atoms with E-state index in [1.807, 2.05) is 0 Å². The Balaban J connectivity index is 2.69. The van der Waals surface area contributed by atoms with E-state index in [0.717, 1.165) is 12.5 Å². The molecule has 0 saturated carbocycles. The van der Waals surface area contributed by atoms with Crippen LogP contribution in [-0.2, 0) is 0 Å². The van der Waals surface area contributed by atoms with Crippen molar-refractivity contribution in [2.75, 3.05) is 13.1 Å². The molecule has 0 amide bonds. The lowest BCUT2D eigenvalue weighted by molar-refractivity contribution is 0.0428. The van der Waals surface area contributed by atoms with Crippen LogP contribution in [0, 0.1) is 5.92 Å². The van der Waals surface area contributed by atoms with Crippen LogP contribution in [0.1, 0.15) is 48.0 Å². The fourth-order valence-corrected chi connectivity index (χ4v) is 2.29. The summed E-state index contributed by atoms with van der Waals surface area (Å²) < 4.78 is 0. The molecule has 15 heavy (non-hydrogen) atoms. The van der Waals surface area contributed by atoms with Gasteiger partial charge in [0.25, 0.3) is 0 Å². The molecule has 1 aliphatic rings. The van der Waals surface area contributed by atoms with E-state index in [1.54, 1.807) is 0 Å². The zero-order valence-electron chi connectivity index (χ0n) is 11.3. The number of piperazine rings is 1. The molecule has 1 heterocycles. The minimum atomic E-state index is 0.315. The summed E-state index contributed by atoms with van der Waals surface area (Å²) in [5, 5.41) is 3.68. The summed E-state index contributed by atoms with van der Waals surface area (Å²) in [5.41, 5.74) is 0.315. The monoisotopic (exact) mass is 212 g/mol. The smallest absolute Gasteiger partial charge is 0.0278 e. The highest BCUT2D eigenvalue weighted by atomic mass is 15.3. The van der Waals surface area contributed by atoms with Gasteiger partial charge in [0.15, 0.2) is 0 Å². The first kappa shape index (κ1) is 13.0. The number of hydrogen-bond acceptors (Lipinski definition) is 2. The van der Waals surface area contributed by atoms with Crippen LogP contribution >= 0.6 is 0 Å². The number of rotatable bonds is 3. The summed E-state index contributed by atoms with van der Waals surface area (Å²) in [6.45, 7) is 16.3. The maximum Gasteiger partial charge on any atom is 0.0278 e. The molecule has 1 aliphatic heterocycles. The van der Waals surface area contributed by atoms with E-state index in [1.165, 1.54) is 13.0 Å². The van der Waals surface area contributed by atoms with Crippen molar-refractivity contribution in [2.45, 2.75) is 65.6 Å². The van der Waals surface area contributed by atoms with Gasteiger partial charge in [-0.3, -0.25) is 4.90 Å². The van der Waals surface area contributed by atoms with Gasteiger partial charge in [-0.15, -0.1) is 0 Å². The maximum absolute atomic E-state index is 3.68. The molecule has 90 valence electrons.